The zero-order valence-corrected chi connectivity index (χ0v) is 11.4. The standard InChI is InChI=1S/C11H14N2O6S/c1-2-19-11(16)12-13-20(17,18)7-8-3-5-9(6-4-8)10(14)15/h3-6,13H,2,7H2,1H3,(H,12,16)(H,14,15). The van der Waals surface area contributed by atoms with Crippen LogP contribution in [-0.2, 0) is 20.5 Å². The summed E-state index contributed by atoms with van der Waals surface area (Å²) in [6.45, 7) is 1.70. The lowest BCUT2D eigenvalue weighted by Crippen LogP contribution is -2.42. The van der Waals surface area contributed by atoms with E-state index < -0.39 is 27.8 Å². The minimum atomic E-state index is -3.79. The van der Waals surface area contributed by atoms with Crippen molar-refractivity contribution in [2.45, 2.75) is 12.7 Å². The van der Waals surface area contributed by atoms with Gasteiger partial charge in [0, 0.05) is 0 Å². The van der Waals surface area contributed by atoms with Gasteiger partial charge in [-0.2, -0.15) is 0 Å². The highest BCUT2D eigenvalue weighted by Gasteiger charge is 2.13. The van der Waals surface area contributed by atoms with Crippen molar-refractivity contribution in [2.75, 3.05) is 6.61 Å². The number of ether oxygens (including phenoxy) is 1. The first-order chi connectivity index (χ1) is 9.34. The van der Waals surface area contributed by atoms with Gasteiger partial charge < -0.3 is 9.84 Å². The summed E-state index contributed by atoms with van der Waals surface area (Å²) >= 11 is 0. The lowest BCUT2D eigenvalue weighted by Gasteiger charge is -2.08. The molecule has 0 saturated carbocycles. The second-order valence-corrected chi connectivity index (χ2v) is 5.43. The number of hydrogen-bond donors (Lipinski definition) is 3. The highest BCUT2D eigenvalue weighted by atomic mass is 32.2. The van der Waals surface area contributed by atoms with Crippen LogP contribution >= 0.6 is 0 Å². The maximum absolute atomic E-state index is 11.6. The van der Waals surface area contributed by atoms with Crippen LogP contribution in [0.5, 0.6) is 0 Å². The van der Waals surface area contributed by atoms with Crippen LogP contribution in [0.3, 0.4) is 0 Å². The molecule has 0 aromatic heterocycles. The number of aromatic carboxylic acids is 1. The minimum absolute atomic E-state index is 0.0590. The topological polar surface area (TPSA) is 122 Å². The van der Waals surface area contributed by atoms with Crippen molar-refractivity contribution in [1.29, 1.82) is 0 Å². The largest absolute Gasteiger partial charge is 0.478 e. The van der Waals surface area contributed by atoms with Gasteiger partial charge in [-0.05, 0) is 24.6 Å². The van der Waals surface area contributed by atoms with Crippen LogP contribution in [0.4, 0.5) is 4.79 Å². The minimum Gasteiger partial charge on any atom is -0.478 e. The van der Waals surface area contributed by atoms with Crippen LogP contribution in [0.25, 0.3) is 0 Å². The van der Waals surface area contributed by atoms with E-state index in [1.54, 1.807) is 6.92 Å². The van der Waals surface area contributed by atoms with E-state index in [0.29, 0.717) is 5.56 Å². The van der Waals surface area contributed by atoms with Gasteiger partial charge in [-0.15, -0.1) is 4.83 Å². The molecule has 3 N–H and O–H groups in total. The SMILES string of the molecule is CCOC(=O)NNS(=O)(=O)Cc1ccc(C(=O)O)cc1. The molecule has 0 spiro atoms. The summed E-state index contributed by atoms with van der Waals surface area (Å²) in [7, 11) is -3.79. The maximum atomic E-state index is 11.6. The third-order valence-corrected chi connectivity index (χ3v) is 3.27. The molecule has 1 aromatic rings. The predicted molar refractivity (Wildman–Crippen MR) is 69.3 cm³/mol. The molecule has 9 heteroatoms. The van der Waals surface area contributed by atoms with Gasteiger partial charge in [0.2, 0.25) is 10.0 Å². The third kappa shape index (κ3) is 5.24. The summed E-state index contributed by atoms with van der Waals surface area (Å²) in [4.78, 5) is 23.4. The van der Waals surface area contributed by atoms with E-state index >= 15 is 0 Å². The van der Waals surface area contributed by atoms with Gasteiger partial charge in [0.05, 0.1) is 17.9 Å². The molecule has 1 aromatic carbocycles. The van der Waals surface area contributed by atoms with Crippen LogP contribution in [0.2, 0.25) is 0 Å². The number of carboxylic acid groups (broad SMARTS) is 1. The van der Waals surface area contributed by atoms with Gasteiger partial charge in [0.25, 0.3) is 0 Å². The van der Waals surface area contributed by atoms with Crippen LogP contribution in [0.15, 0.2) is 24.3 Å². The molecule has 0 bridgehead atoms. The van der Waals surface area contributed by atoms with Crippen molar-refractivity contribution >= 4 is 22.1 Å². The van der Waals surface area contributed by atoms with Gasteiger partial charge in [0.15, 0.2) is 0 Å². The Morgan fingerprint density at radius 3 is 2.35 bits per heavy atom. The van der Waals surface area contributed by atoms with Crippen LogP contribution in [0.1, 0.15) is 22.8 Å². The number of nitrogens with one attached hydrogen (secondary N) is 2. The molecule has 20 heavy (non-hydrogen) atoms. The number of carbonyl (C=O) groups excluding carboxylic acids is 1. The van der Waals surface area contributed by atoms with Crippen molar-refractivity contribution in [3.8, 4) is 0 Å². The second-order valence-electron chi connectivity index (χ2n) is 3.71. The Morgan fingerprint density at radius 1 is 1.25 bits per heavy atom. The van der Waals surface area contributed by atoms with E-state index in [0.717, 1.165) is 0 Å². The number of carbonyl (C=O) groups is 2. The van der Waals surface area contributed by atoms with Crippen molar-refractivity contribution in [1.82, 2.24) is 10.3 Å². The number of sulfonamides is 1. The van der Waals surface area contributed by atoms with E-state index in [4.69, 9.17) is 5.11 Å². The second kappa shape index (κ2) is 6.87. The molecule has 0 heterocycles. The van der Waals surface area contributed by atoms with Crippen molar-refractivity contribution in [2.24, 2.45) is 0 Å². The third-order valence-electron chi connectivity index (χ3n) is 2.14. The van der Waals surface area contributed by atoms with E-state index in [2.05, 4.69) is 4.74 Å². The highest BCUT2D eigenvalue weighted by Crippen LogP contribution is 2.07. The molecule has 0 aliphatic heterocycles. The molecule has 1 rings (SSSR count). The molecule has 0 radical (unpaired) electrons. The van der Waals surface area contributed by atoms with Gasteiger partial charge in [0.1, 0.15) is 0 Å². The Balaban J connectivity index is 2.62. The highest BCUT2D eigenvalue weighted by molar-refractivity contribution is 7.88. The van der Waals surface area contributed by atoms with Gasteiger partial charge in [-0.3, -0.25) is 0 Å². The van der Waals surface area contributed by atoms with E-state index in [9.17, 15) is 18.0 Å². The number of rotatable bonds is 6. The van der Waals surface area contributed by atoms with Gasteiger partial charge in [-0.1, -0.05) is 12.1 Å². The number of benzene rings is 1. The molecule has 0 aliphatic carbocycles. The number of hydrogen-bond acceptors (Lipinski definition) is 5. The molecule has 8 nitrogen and oxygen atoms in total. The number of hydrazine groups is 1. The molecular weight excluding hydrogens is 288 g/mol. The maximum Gasteiger partial charge on any atom is 0.422 e. The quantitative estimate of drug-likeness (QED) is 0.656. The first kappa shape index (κ1) is 15.9. The molecule has 0 fully saturated rings. The predicted octanol–water partition coefficient (Wildman–Crippen LogP) is 0.465. The monoisotopic (exact) mass is 302 g/mol. The van der Waals surface area contributed by atoms with E-state index in [1.165, 1.54) is 24.3 Å². The van der Waals surface area contributed by atoms with Gasteiger partial charge in [-0.25, -0.2) is 23.4 Å². The Hall–Kier alpha value is -2.13. The molecule has 0 aliphatic rings. The lowest BCUT2D eigenvalue weighted by atomic mass is 10.1. The number of amides is 1. The summed E-state index contributed by atoms with van der Waals surface area (Å²) in [5.41, 5.74) is 2.32. The smallest absolute Gasteiger partial charge is 0.422 e. The van der Waals surface area contributed by atoms with E-state index in [-0.39, 0.29) is 12.2 Å². The Labute approximate surface area is 115 Å². The summed E-state index contributed by atoms with van der Waals surface area (Å²) < 4.78 is 27.7. The zero-order chi connectivity index (χ0) is 15.2. The molecule has 0 atom stereocenters. The first-order valence-electron chi connectivity index (χ1n) is 5.58. The molecular formula is C11H14N2O6S. The fourth-order valence-corrected chi connectivity index (χ4v) is 2.23. The average molecular weight is 302 g/mol. The molecule has 0 saturated heterocycles. The van der Waals surface area contributed by atoms with E-state index in [1.807, 2.05) is 10.3 Å². The fourth-order valence-electron chi connectivity index (χ4n) is 1.29. The molecule has 110 valence electrons. The lowest BCUT2D eigenvalue weighted by molar-refractivity contribution is 0.0696. The first-order valence-corrected chi connectivity index (χ1v) is 7.24. The van der Waals surface area contributed by atoms with Crippen LogP contribution < -0.4 is 10.3 Å². The van der Waals surface area contributed by atoms with Crippen molar-refractivity contribution < 1.29 is 27.9 Å². The van der Waals surface area contributed by atoms with Gasteiger partial charge >= 0.3 is 12.1 Å². The zero-order valence-electron chi connectivity index (χ0n) is 10.6. The average Bonchev–Trinajstić information content (AvgIpc) is 2.37. The Bertz CT molecular complexity index is 581. The fraction of sp³-hybridized carbons (Fsp3) is 0.273. The summed E-state index contributed by atoms with van der Waals surface area (Å²) in [6, 6.07) is 5.36. The molecule has 0 unspecified atom stereocenters. The normalized spacial score (nSPS) is 10.8. The van der Waals surface area contributed by atoms with Crippen molar-refractivity contribution in [3.05, 3.63) is 35.4 Å². The Kier molecular flexibility index (Phi) is 5.47. The summed E-state index contributed by atoms with van der Waals surface area (Å²) in [6.07, 6.45) is -0.905. The summed E-state index contributed by atoms with van der Waals surface area (Å²) in [5.74, 6) is -1.50. The Morgan fingerprint density at radius 2 is 1.85 bits per heavy atom. The van der Waals surface area contributed by atoms with Crippen LogP contribution in [0, 0.1) is 0 Å². The van der Waals surface area contributed by atoms with Crippen LogP contribution in [-0.4, -0.2) is 32.2 Å². The van der Waals surface area contributed by atoms with Crippen molar-refractivity contribution in [3.63, 3.8) is 0 Å². The summed E-state index contributed by atoms with van der Waals surface area (Å²) in [5, 5.41) is 8.71. The molecule has 1 amide bonds. The number of carboxylic acids is 1.